The number of rotatable bonds is 2. The van der Waals surface area contributed by atoms with Crippen molar-refractivity contribution in [1.82, 2.24) is 0 Å². The molecule has 0 radical (unpaired) electrons. The number of ether oxygens (including phenoxy) is 1. The first-order chi connectivity index (χ1) is 7.81. The Kier molecular flexibility index (Phi) is 4.08. The molecule has 0 aromatic heterocycles. The molecule has 0 amide bonds. The van der Waals surface area contributed by atoms with Crippen molar-refractivity contribution in [2.45, 2.75) is 19.2 Å². The van der Waals surface area contributed by atoms with E-state index in [0.29, 0.717) is 5.88 Å². The Morgan fingerprint density at radius 1 is 1.31 bits per heavy atom. The molecule has 0 N–H and O–H groups in total. The second-order valence-electron chi connectivity index (χ2n) is 4.21. The standard InChI is InChI=1S/C13H18ClNO/c1-11-9-12(10-14)3-4-13(11)15-5-2-7-16-8-6-15/h3-4,9H,2,5-8,10H2,1H3. The van der Waals surface area contributed by atoms with Crippen LogP contribution in [0.2, 0.25) is 0 Å². The molecule has 16 heavy (non-hydrogen) atoms. The molecular weight excluding hydrogens is 222 g/mol. The monoisotopic (exact) mass is 239 g/mol. The molecule has 0 spiro atoms. The maximum absolute atomic E-state index is 5.83. The van der Waals surface area contributed by atoms with Gasteiger partial charge in [0, 0.05) is 31.3 Å². The van der Waals surface area contributed by atoms with Crippen molar-refractivity contribution in [2.75, 3.05) is 31.2 Å². The van der Waals surface area contributed by atoms with E-state index < -0.39 is 0 Å². The molecule has 88 valence electrons. The fraction of sp³-hybridized carbons (Fsp3) is 0.538. The summed E-state index contributed by atoms with van der Waals surface area (Å²) in [6.45, 7) is 5.94. The molecule has 1 saturated heterocycles. The van der Waals surface area contributed by atoms with Crippen LogP contribution in [0.4, 0.5) is 5.69 Å². The molecule has 0 atom stereocenters. The van der Waals surface area contributed by atoms with Crippen LogP contribution >= 0.6 is 11.6 Å². The summed E-state index contributed by atoms with van der Waals surface area (Å²) in [6, 6.07) is 6.47. The van der Waals surface area contributed by atoms with Crippen LogP contribution in [0.1, 0.15) is 17.5 Å². The molecule has 1 aliphatic heterocycles. The van der Waals surface area contributed by atoms with Gasteiger partial charge in [-0.05, 0) is 30.5 Å². The number of nitrogens with zero attached hydrogens (tertiary/aromatic N) is 1. The van der Waals surface area contributed by atoms with Gasteiger partial charge in [-0.1, -0.05) is 12.1 Å². The average molecular weight is 240 g/mol. The van der Waals surface area contributed by atoms with Gasteiger partial charge in [0.1, 0.15) is 0 Å². The molecule has 1 fully saturated rings. The number of anilines is 1. The Morgan fingerprint density at radius 3 is 2.94 bits per heavy atom. The summed E-state index contributed by atoms with van der Waals surface area (Å²) in [5.74, 6) is 0.588. The first kappa shape index (κ1) is 11.7. The molecular formula is C13H18ClNO. The van der Waals surface area contributed by atoms with Gasteiger partial charge in [-0.2, -0.15) is 0 Å². The highest BCUT2D eigenvalue weighted by atomic mass is 35.5. The van der Waals surface area contributed by atoms with Crippen molar-refractivity contribution < 1.29 is 4.74 Å². The Hall–Kier alpha value is -0.730. The van der Waals surface area contributed by atoms with E-state index >= 15 is 0 Å². The van der Waals surface area contributed by atoms with Crippen LogP contribution in [-0.2, 0) is 10.6 Å². The van der Waals surface area contributed by atoms with Gasteiger partial charge in [-0.3, -0.25) is 0 Å². The summed E-state index contributed by atoms with van der Waals surface area (Å²) in [6.07, 6.45) is 1.11. The van der Waals surface area contributed by atoms with Gasteiger partial charge in [0.2, 0.25) is 0 Å². The van der Waals surface area contributed by atoms with Gasteiger partial charge < -0.3 is 9.64 Å². The fourth-order valence-electron chi connectivity index (χ4n) is 2.14. The van der Waals surface area contributed by atoms with E-state index in [1.807, 2.05) is 0 Å². The van der Waals surface area contributed by atoms with Crippen LogP contribution in [-0.4, -0.2) is 26.3 Å². The number of alkyl halides is 1. The van der Waals surface area contributed by atoms with E-state index in [-0.39, 0.29) is 0 Å². The normalized spacial score (nSPS) is 17.2. The molecule has 1 heterocycles. The van der Waals surface area contributed by atoms with Gasteiger partial charge >= 0.3 is 0 Å². The van der Waals surface area contributed by atoms with Crippen LogP contribution in [0.25, 0.3) is 0 Å². The molecule has 0 aliphatic carbocycles. The van der Waals surface area contributed by atoms with Crippen LogP contribution in [0.15, 0.2) is 18.2 Å². The van der Waals surface area contributed by atoms with Crippen LogP contribution < -0.4 is 4.90 Å². The van der Waals surface area contributed by atoms with Crippen molar-refractivity contribution in [3.63, 3.8) is 0 Å². The van der Waals surface area contributed by atoms with E-state index in [1.54, 1.807) is 0 Å². The molecule has 0 bridgehead atoms. The SMILES string of the molecule is Cc1cc(CCl)ccc1N1CCCOCC1. The Bertz CT molecular complexity index is 346. The number of hydrogen-bond donors (Lipinski definition) is 0. The van der Waals surface area contributed by atoms with Crippen LogP contribution in [0, 0.1) is 6.92 Å². The lowest BCUT2D eigenvalue weighted by Gasteiger charge is -2.24. The average Bonchev–Trinajstić information content (AvgIpc) is 2.57. The molecule has 1 aromatic rings. The lowest BCUT2D eigenvalue weighted by Crippen LogP contribution is -2.26. The summed E-state index contributed by atoms with van der Waals surface area (Å²) in [5, 5.41) is 0. The van der Waals surface area contributed by atoms with Crippen molar-refractivity contribution in [3.05, 3.63) is 29.3 Å². The van der Waals surface area contributed by atoms with Crippen molar-refractivity contribution in [2.24, 2.45) is 0 Å². The summed E-state index contributed by atoms with van der Waals surface area (Å²) < 4.78 is 5.47. The van der Waals surface area contributed by atoms with Crippen molar-refractivity contribution in [3.8, 4) is 0 Å². The number of aryl methyl sites for hydroxylation is 1. The maximum Gasteiger partial charge on any atom is 0.0641 e. The third-order valence-corrected chi connectivity index (χ3v) is 3.29. The van der Waals surface area contributed by atoms with Gasteiger partial charge in [0.15, 0.2) is 0 Å². The topological polar surface area (TPSA) is 12.5 Å². The highest BCUT2D eigenvalue weighted by Gasteiger charge is 2.12. The first-order valence-electron chi connectivity index (χ1n) is 5.79. The minimum atomic E-state index is 0.588. The lowest BCUT2D eigenvalue weighted by atomic mass is 10.1. The second-order valence-corrected chi connectivity index (χ2v) is 4.47. The Morgan fingerprint density at radius 2 is 2.19 bits per heavy atom. The van der Waals surface area contributed by atoms with Gasteiger partial charge in [0.05, 0.1) is 6.61 Å². The Balaban J connectivity index is 2.18. The summed E-state index contributed by atoms with van der Waals surface area (Å²) >= 11 is 5.83. The summed E-state index contributed by atoms with van der Waals surface area (Å²) in [5.41, 5.74) is 3.81. The molecule has 0 unspecified atom stereocenters. The molecule has 2 rings (SSSR count). The van der Waals surface area contributed by atoms with Crippen molar-refractivity contribution in [1.29, 1.82) is 0 Å². The summed E-state index contributed by atoms with van der Waals surface area (Å²) in [7, 11) is 0. The van der Waals surface area contributed by atoms with Crippen LogP contribution in [0.3, 0.4) is 0 Å². The van der Waals surface area contributed by atoms with Gasteiger partial charge in [-0.25, -0.2) is 0 Å². The summed E-state index contributed by atoms with van der Waals surface area (Å²) in [4.78, 5) is 2.40. The zero-order chi connectivity index (χ0) is 11.4. The molecule has 0 saturated carbocycles. The molecule has 3 heteroatoms. The minimum absolute atomic E-state index is 0.588. The van der Waals surface area contributed by atoms with Crippen molar-refractivity contribution >= 4 is 17.3 Å². The smallest absolute Gasteiger partial charge is 0.0641 e. The van der Waals surface area contributed by atoms with Gasteiger partial charge in [0.25, 0.3) is 0 Å². The second kappa shape index (κ2) is 5.55. The quantitative estimate of drug-likeness (QED) is 0.736. The third-order valence-electron chi connectivity index (χ3n) is 2.98. The number of halogens is 1. The minimum Gasteiger partial charge on any atom is -0.380 e. The van der Waals surface area contributed by atoms with Crippen LogP contribution in [0.5, 0.6) is 0 Å². The van der Waals surface area contributed by atoms with Gasteiger partial charge in [-0.15, -0.1) is 11.6 Å². The fourth-order valence-corrected chi connectivity index (χ4v) is 2.31. The first-order valence-corrected chi connectivity index (χ1v) is 6.33. The van der Waals surface area contributed by atoms with E-state index in [9.17, 15) is 0 Å². The van der Waals surface area contributed by atoms with E-state index in [2.05, 4.69) is 30.0 Å². The highest BCUT2D eigenvalue weighted by molar-refractivity contribution is 6.17. The predicted octanol–water partition coefficient (Wildman–Crippen LogP) is 2.96. The van der Waals surface area contributed by atoms with E-state index in [4.69, 9.17) is 16.3 Å². The lowest BCUT2D eigenvalue weighted by molar-refractivity contribution is 0.152. The molecule has 2 nitrogen and oxygen atoms in total. The number of hydrogen-bond acceptors (Lipinski definition) is 2. The van der Waals surface area contributed by atoms with E-state index in [0.717, 1.165) is 32.7 Å². The Labute approximate surface area is 102 Å². The molecule has 1 aliphatic rings. The number of benzene rings is 1. The predicted molar refractivity (Wildman–Crippen MR) is 68.4 cm³/mol. The maximum atomic E-state index is 5.83. The molecule has 1 aromatic carbocycles. The highest BCUT2D eigenvalue weighted by Crippen LogP contribution is 2.23. The third kappa shape index (κ3) is 2.69. The zero-order valence-corrected chi connectivity index (χ0v) is 10.5. The van der Waals surface area contributed by atoms with E-state index in [1.165, 1.54) is 16.8 Å². The largest absolute Gasteiger partial charge is 0.380 e. The zero-order valence-electron chi connectivity index (χ0n) is 9.71.